The Morgan fingerprint density at radius 1 is 1.32 bits per heavy atom. The predicted octanol–water partition coefficient (Wildman–Crippen LogP) is 1.77. The molecule has 0 bridgehead atoms. The molecule has 0 radical (unpaired) electrons. The molecule has 0 atom stereocenters. The van der Waals surface area contributed by atoms with Crippen LogP contribution in [0, 0.1) is 6.92 Å². The van der Waals surface area contributed by atoms with Crippen LogP contribution in [0.25, 0.3) is 10.9 Å². The number of carbonyl (C=O) groups is 2. The fourth-order valence-electron chi connectivity index (χ4n) is 1.79. The van der Waals surface area contributed by atoms with Crippen LogP contribution in [0.3, 0.4) is 0 Å². The fraction of sp³-hybridized carbons (Fsp3) is 0.231. The van der Waals surface area contributed by atoms with E-state index < -0.39 is 6.09 Å². The average Bonchev–Trinajstić information content (AvgIpc) is 2.75. The third kappa shape index (κ3) is 3.25. The number of nitrogens with one attached hydrogen (secondary N) is 3. The van der Waals surface area contributed by atoms with Crippen molar-refractivity contribution in [3.05, 3.63) is 30.0 Å². The van der Waals surface area contributed by atoms with E-state index in [4.69, 9.17) is 0 Å². The van der Waals surface area contributed by atoms with Crippen molar-refractivity contribution in [1.82, 2.24) is 10.3 Å². The van der Waals surface area contributed by atoms with Crippen molar-refractivity contribution in [3.8, 4) is 0 Å². The lowest BCUT2D eigenvalue weighted by molar-refractivity contribution is -0.115. The molecule has 2 amide bonds. The first-order chi connectivity index (χ1) is 9.08. The molecule has 2 aromatic rings. The highest BCUT2D eigenvalue weighted by Gasteiger charge is 2.06. The number of ether oxygens (including phenoxy) is 1. The van der Waals surface area contributed by atoms with Gasteiger partial charge in [-0.05, 0) is 31.2 Å². The number of alkyl carbamates (subject to hydrolysis) is 1. The quantitative estimate of drug-likeness (QED) is 0.787. The number of aromatic amines is 1. The van der Waals surface area contributed by atoms with E-state index in [0.29, 0.717) is 5.69 Å². The van der Waals surface area contributed by atoms with E-state index in [1.165, 1.54) is 7.11 Å². The summed E-state index contributed by atoms with van der Waals surface area (Å²) in [5.41, 5.74) is 2.76. The number of anilines is 1. The Kier molecular flexibility index (Phi) is 3.70. The van der Waals surface area contributed by atoms with Gasteiger partial charge >= 0.3 is 6.09 Å². The number of aromatic nitrogens is 1. The maximum absolute atomic E-state index is 11.6. The summed E-state index contributed by atoms with van der Waals surface area (Å²) in [5.74, 6) is -0.308. The monoisotopic (exact) mass is 261 g/mol. The average molecular weight is 261 g/mol. The molecule has 0 saturated carbocycles. The topological polar surface area (TPSA) is 83.2 Å². The zero-order valence-electron chi connectivity index (χ0n) is 10.7. The van der Waals surface area contributed by atoms with E-state index in [-0.39, 0.29) is 12.5 Å². The molecule has 0 aliphatic heterocycles. The Labute approximate surface area is 110 Å². The predicted molar refractivity (Wildman–Crippen MR) is 72.1 cm³/mol. The van der Waals surface area contributed by atoms with Gasteiger partial charge in [-0.25, -0.2) is 4.79 Å². The highest BCUT2D eigenvalue weighted by atomic mass is 16.5. The molecule has 2 rings (SSSR count). The Balaban J connectivity index is 2.00. The maximum Gasteiger partial charge on any atom is 0.407 e. The molecule has 19 heavy (non-hydrogen) atoms. The summed E-state index contributed by atoms with van der Waals surface area (Å²) in [6, 6.07) is 7.56. The van der Waals surface area contributed by atoms with Crippen LogP contribution < -0.4 is 10.6 Å². The summed E-state index contributed by atoms with van der Waals surface area (Å²) >= 11 is 0. The summed E-state index contributed by atoms with van der Waals surface area (Å²) in [6.45, 7) is 1.84. The van der Waals surface area contributed by atoms with Crippen LogP contribution in [-0.2, 0) is 9.53 Å². The summed E-state index contributed by atoms with van der Waals surface area (Å²) in [7, 11) is 1.25. The minimum Gasteiger partial charge on any atom is -0.453 e. The molecule has 0 aliphatic rings. The number of aryl methyl sites for hydroxylation is 1. The number of hydrogen-bond donors (Lipinski definition) is 3. The second kappa shape index (κ2) is 5.43. The van der Waals surface area contributed by atoms with Crippen molar-refractivity contribution in [1.29, 1.82) is 0 Å². The molecule has 0 spiro atoms. The van der Waals surface area contributed by atoms with Crippen molar-refractivity contribution in [3.63, 3.8) is 0 Å². The van der Waals surface area contributed by atoms with Crippen LogP contribution in [0.4, 0.5) is 10.5 Å². The highest BCUT2D eigenvalue weighted by Crippen LogP contribution is 2.19. The second-order valence-electron chi connectivity index (χ2n) is 4.15. The minimum absolute atomic E-state index is 0.128. The van der Waals surface area contributed by atoms with Crippen LogP contribution in [-0.4, -0.2) is 30.6 Å². The van der Waals surface area contributed by atoms with Gasteiger partial charge in [-0.1, -0.05) is 0 Å². The van der Waals surface area contributed by atoms with Crippen LogP contribution in [0.1, 0.15) is 5.69 Å². The van der Waals surface area contributed by atoms with Gasteiger partial charge in [0.1, 0.15) is 6.54 Å². The largest absolute Gasteiger partial charge is 0.453 e. The number of hydrogen-bond acceptors (Lipinski definition) is 3. The number of amides is 2. The Morgan fingerprint density at radius 3 is 2.84 bits per heavy atom. The molecule has 1 aromatic heterocycles. The van der Waals surface area contributed by atoms with Gasteiger partial charge < -0.3 is 20.4 Å². The van der Waals surface area contributed by atoms with Gasteiger partial charge in [0.05, 0.1) is 7.11 Å². The first-order valence-corrected chi connectivity index (χ1v) is 5.79. The number of carbonyl (C=O) groups excluding carboxylic acids is 2. The third-order valence-electron chi connectivity index (χ3n) is 2.62. The van der Waals surface area contributed by atoms with Crippen molar-refractivity contribution < 1.29 is 14.3 Å². The molecular formula is C13H15N3O3. The van der Waals surface area contributed by atoms with Crippen molar-refractivity contribution in [2.24, 2.45) is 0 Å². The zero-order chi connectivity index (χ0) is 13.8. The molecule has 100 valence electrons. The van der Waals surface area contributed by atoms with Gasteiger partial charge in [0.15, 0.2) is 0 Å². The first-order valence-electron chi connectivity index (χ1n) is 5.79. The van der Waals surface area contributed by atoms with Gasteiger partial charge in [0, 0.05) is 22.3 Å². The Hall–Kier alpha value is -2.50. The van der Waals surface area contributed by atoms with Crippen LogP contribution in [0.15, 0.2) is 24.3 Å². The highest BCUT2D eigenvalue weighted by molar-refractivity contribution is 5.96. The summed E-state index contributed by atoms with van der Waals surface area (Å²) in [4.78, 5) is 25.6. The van der Waals surface area contributed by atoms with Gasteiger partial charge in [0.25, 0.3) is 0 Å². The number of benzene rings is 1. The van der Waals surface area contributed by atoms with E-state index in [0.717, 1.165) is 16.6 Å². The molecule has 1 heterocycles. The summed E-state index contributed by atoms with van der Waals surface area (Å²) < 4.78 is 4.38. The van der Waals surface area contributed by atoms with E-state index in [1.807, 2.05) is 25.1 Å². The zero-order valence-corrected chi connectivity index (χ0v) is 10.7. The van der Waals surface area contributed by atoms with Crippen molar-refractivity contribution in [2.75, 3.05) is 19.0 Å². The Bertz CT molecular complexity index is 619. The van der Waals surface area contributed by atoms with E-state index in [1.54, 1.807) is 6.07 Å². The van der Waals surface area contributed by atoms with Crippen molar-refractivity contribution >= 4 is 28.6 Å². The van der Waals surface area contributed by atoms with Gasteiger partial charge in [0.2, 0.25) is 5.91 Å². The molecule has 3 N–H and O–H groups in total. The van der Waals surface area contributed by atoms with E-state index in [9.17, 15) is 9.59 Å². The number of methoxy groups -OCH3 is 1. The number of H-pyrrole nitrogens is 1. The smallest absolute Gasteiger partial charge is 0.407 e. The van der Waals surface area contributed by atoms with Crippen LogP contribution in [0.2, 0.25) is 0 Å². The first kappa shape index (κ1) is 12.9. The Morgan fingerprint density at radius 2 is 2.11 bits per heavy atom. The SMILES string of the molecule is COC(=O)NCC(=O)Nc1ccc2[nH]c(C)cc2c1. The molecule has 1 aromatic carbocycles. The van der Waals surface area contributed by atoms with Crippen LogP contribution in [0.5, 0.6) is 0 Å². The fourth-order valence-corrected chi connectivity index (χ4v) is 1.79. The van der Waals surface area contributed by atoms with Gasteiger partial charge in [-0.2, -0.15) is 0 Å². The van der Waals surface area contributed by atoms with Crippen molar-refractivity contribution in [2.45, 2.75) is 6.92 Å². The summed E-state index contributed by atoms with van der Waals surface area (Å²) in [6.07, 6.45) is -0.633. The molecule has 0 unspecified atom stereocenters. The van der Waals surface area contributed by atoms with Gasteiger partial charge in [-0.3, -0.25) is 4.79 Å². The molecule has 6 heteroatoms. The maximum atomic E-state index is 11.6. The lowest BCUT2D eigenvalue weighted by atomic mass is 10.2. The molecular weight excluding hydrogens is 246 g/mol. The lowest BCUT2D eigenvalue weighted by Gasteiger charge is -2.06. The molecule has 0 fully saturated rings. The minimum atomic E-state index is -0.633. The molecule has 0 aliphatic carbocycles. The third-order valence-corrected chi connectivity index (χ3v) is 2.62. The lowest BCUT2D eigenvalue weighted by Crippen LogP contribution is -2.32. The van der Waals surface area contributed by atoms with E-state index >= 15 is 0 Å². The standard InChI is InChI=1S/C13H15N3O3/c1-8-5-9-6-10(3-4-11(9)15-8)16-12(17)7-14-13(18)19-2/h3-6,15H,7H2,1-2H3,(H,14,18)(H,16,17). The number of fused-ring (bicyclic) bond motifs is 1. The summed E-state index contributed by atoms with van der Waals surface area (Å²) in [5, 5.41) is 6.04. The van der Waals surface area contributed by atoms with E-state index in [2.05, 4.69) is 20.4 Å². The van der Waals surface area contributed by atoms with Gasteiger partial charge in [-0.15, -0.1) is 0 Å². The molecule has 0 saturated heterocycles. The van der Waals surface area contributed by atoms with Crippen LogP contribution >= 0.6 is 0 Å². The molecule has 6 nitrogen and oxygen atoms in total. The normalized spacial score (nSPS) is 10.2. The second-order valence-corrected chi connectivity index (χ2v) is 4.15. The number of rotatable bonds is 3.